The number of carbonyl (C=O) groups is 1. The Kier molecular flexibility index (Phi) is 6.32. The second kappa shape index (κ2) is 9.32. The summed E-state index contributed by atoms with van der Waals surface area (Å²) in [7, 11) is 0. The molecule has 0 aliphatic carbocycles. The minimum absolute atomic E-state index is 0.170. The maximum atomic E-state index is 12.8. The van der Waals surface area contributed by atoms with Crippen molar-refractivity contribution in [2.24, 2.45) is 0 Å². The molecule has 2 aromatic heterocycles. The van der Waals surface area contributed by atoms with Crippen LogP contribution in [0.4, 0.5) is 5.69 Å². The molecular weight excluding hydrogens is 426 g/mol. The standard InChI is InChI=1S/C25H24ClN3O3/c1-16-8-10-19(11-9-16)14-29-18(3)24(17(2)28-29)27-25(30)23-13-12-20(32-23)15-31-22-7-5-4-6-21(22)26/h4-13H,14-15H2,1-3H3,(H,27,30). The first-order chi connectivity index (χ1) is 15.4. The van der Waals surface area contributed by atoms with Crippen LogP contribution in [0, 0.1) is 20.8 Å². The average molecular weight is 450 g/mol. The number of anilines is 1. The molecular formula is C25H24ClN3O3. The fourth-order valence-electron chi connectivity index (χ4n) is 3.36. The number of carbonyl (C=O) groups excluding carboxylic acids is 1. The number of nitrogens with zero attached hydrogens (tertiary/aromatic N) is 2. The van der Waals surface area contributed by atoms with E-state index in [2.05, 4.69) is 41.6 Å². The summed E-state index contributed by atoms with van der Waals surface area (Å²) >= 11 is 6.10. The summed E-state index contributed by atoms with van der Waals surface area (Å²) < 4.78 is 13.2. The average Bonchev–Trinajstić information content (AvgIpc) is 3.35. The molecule has 32 heavy (non-hydrogen) atoms. The third-order valence-corrected chi connectivity index (χ3v) is 5.48. The number of hydrogen-bond acceptors (Lipinski definition) is 4. The lowest BCUT2D eigenvalue weighted by atomic mass is 10.1. The number of furan rings is 1. The van der Waals surface area contributed by atoms with Crippen LogP contribution in [0.15, 0.2) is 65.1 Å². The van der Waals surface area contributed by atoms with Gasteiger partial charge in [-0.3, -0.25) is 9.48 Å². The number of rotatable bonds is 7. The fourth-order valence-corrected chi connectivity index (χ4v) is 3.55. The van der Waals surface area contributed by atoms with Gasteiger partial charge in [-0.1, -0.05) is 53.6 Å². The Morgan fingerprint density at radius 1 is 1.06 bits per heavy atom. The van der Waals surface area contributed by atoms with Crippen molar-refractivity contribution in [1.29, 1.82) is 0 Å². The van der Waals surface area contributed by atoms with Crippen molar-refractivity contribution in [2.75, 3.05) is 5.32 Å². The van der Waals surface area contributed by atoms with E-state index in [0.29, 0.717) is 28.8 Å². The summed E-state index contributed by atoms with van der Waals surface area (Å²) in [6.07, 6.45) is 0. The first kappa shape index (κ1) is 21.7. The molecule has 0 atom stereocenters. The molecule has 1 N–H and O–H groups in total. The van der Waals surface area contributed by atoms with Gasteiger partial charge >= 0.3 is 0 Å². The summed E-state index contributed by atoms with van der Waals surface area (Å²) in [6.45, 7) is 6.68. The molecule has 4 rings (SSSR count). The maximum absolute atomic E-state index is 12.8. The van der Waals surface area contributed by atoms with Gasteiger partial charge in [0.15, 0.2) is 5.76 Å². The highest BCUT2D eigenvalue weighted by Gasteiger charge is 2.18. The van der Waals surface area contributed by atoms with Gasteiger partial charge in [0.2, 0.25) is 0 Å². The van der Waals surface area contributed by atoms with Crippen molar-refractivity contribution >= 4 is 23.2 Å². The Morgan fingerprint density at radius 2 is 1.81 bits per heavy atom. The van der Waals surface area contributed by atoms with Crippen LogP contribution in [0.2, 0.25) is 5.02 Å². The summed E-state index contributed by atoms with van der Waals surface area (Å²) in [5, 5.41) is 8.04. The van der Waals surface area contributed by atoms with Crippen LogP contribution < -0.4 is 10.1 Å². The topological polar surface area (TPSA) is 69.3 Å². The van der Waals surface area contributed by atoms with Crippen LogP contribution >= 0.6 is 11.6 Å². The molecule has 0 radical (unpaired) electrons. The number of nitrogens with one attached hydrogen (secondary N) is 1. The van der Waals surface area contributed by atoms with Gasteiger partial charge in [0, 0.05) is 0 Å². The van der Waals surface area contributed by atoms with E-state index in [1.54, 1.807) is 24.3 Å². The van der Waals surface area contributed by atoms with Gasteiger partial charge in [-0.2, -0.15) is 5.10 Å². The summed E-state index contributed by atoms with van der Waals surface area (Å²) in [5.74, 6) is 0.949. The smallest absolute Gasteiger partial charge is 0.291 e. The molecule has 6 nitrogen and oxygen atoms in total. The second-order valence-corrected chi connectivity index (χ2v) is 8.04. The lowest BCUT2D eigenvalue weighted by molar-refractivity contribution is 0.0992. The predicted octanol–water partition coefficient (Wildman–Crippen LogP) is 5.93. The first-order valence-corrected chi connectivity index (χ1v) is 10.7. The van der Waals surface area contributed by atoms with E-state index < -0.39 is 0 Å². The van der Waals surface area contributed by atoms with Crippen LogP contribution in [0.25, 0.3) is 0 Å². The highest BCUT2D eigenvalue weighted by Crippen LogP contribution is 2.25. The summed E-state index contributed by atoms with van der Waals surface area (Å²) in [5.41, 5.74) is 4.67. The predicted molar refractivity (Wildman–Crippen MR) is 124 cm³/mol. The highest BCUT2D eigenvalue weighted by molar-refractivity contribution is 6.32. The number of ether oxygens (including phenoxy) is 1. The van der Waals surface area contributed by atoms with Crippen LogP contribution in [0.5, 0.6) is 5.75 Å². The number of hydrogen-bond donors (Lipinski definition) is 1. The highest BCUT2D eigenvalue weighted by atomic mass is 35.5. The fraction of sp³-hybridized carbons (Fsp3) is 0.200. The molecule has 0 aliphatic rings. The van der Waals surface area contributed by atoms with E-state index in [1.807, 2.05) is 30.7 Å². The van der Waals surface area contributed by atoms with E-state index >= 15 is 0 Å². The normalized spacial score (nSPS) is 10.9. The van der Waals surface area contributed by atoms with Crippen LogP contribution in [-0.4, -0.2) is 15.7 Å². The molecule has 2 heterocycles. The van der Waals surface area contributed by atoms with E-state index in [0.717, 1.165) is 17.0 Å². The lowest BCUT2D eigenvalue weighted by Crippen LogP contribution is -2.12. The van der Waals surface area contributed by atoms with E-state index in [9.17, 15) is 4.79 Å². The van der Waals surface area contributed by atoms with Crippen molar-refractivity contribution in [2.45, 2.75) is 33.9 Å². The van der Waals surface area contributed by atoms with Crippen LogP contribution in [0.3, 0.4) is 0 Å². The number of aryl methyl sites for hydroxylation is 2. The SMILES string of the molecule is Cc1ccc(Cn2nc(C)c(NC(=O)c3ccc(COc4ccccc4Cl)o3)c2C)cc1. The molecule has 164 valence electrons. The summed E-state index contributed by atoms with van der Waals surface area (Å²) in [4.78, 5) is 12.8. The van der Waals surface area contributed by atoms with Crippen molar-refractivity contribution in [3.8, 4) is 5.75 Å². The quantitative estimate of drug-likeness (QED) is 0.379. The number of amides is 1. The first-order valence-electron chi connectivity index (χ1n) is 10.3. The van der Waals surface area contributed by atoms with E-state index in [4.69, 9.17) is 20.8 Å². The lowest BCUT2D eigenvalue weighted by Gasteiger charge is -2.07. The molecule has 0 saturated carbocycles. The Hall–Kier alpha value is -3.51. The zero-order valence-corrected chi connectivity index (χ0v) is 18.9. The molecule has 0 saturated heterocycles. The minimum atomic E-state index is -0.338. The van der Waals surface area contributed by atoms with Gasteiger partial charge in [-0.25, -0.2) is 0 Å². The van der Waals surface area contributed by atoms with Gasteiger partial charge in [0.25, 0.3) is 5.91 Å². The Balaban J connectivity index is 1.42. The van der Waals surface area contributed by atoms with E-state index in [1.165, 1.54) is 5.56 Å². The molecule has 0 fully saturated rings. The van der Waals surface area contributed by atoms with Crippen LogP contribution in [-0.2, 0) is 13.2 Å². The zero-order valence-electron chi connectivity index (χ0n) is 18.2. The number of benzene rings is 2. The maximum Gasteiger partial charge on any atom is 0.291 e. The molecule has 7 heteroatoms. The molecule has 4 aromatic rings. The van der Waals surface area contributed by atoms with Crippen molar-refractivity contribution in [1.82, 2.24) is 9.78 Å². The molecule has 0 aliphatic heterocycles. The third kappa shape index (κ3) is 4.86. The second-order valence-electron chi connectivity index (χ2n) is 7.63. The monoisotopic (exact) mass is 449 g/mol. The minimum Gasteiger partial charge on any atom is -0.484 e. The van der Waals surface area contributed by atoms with Crippen LogP contribution in [0.1, 0.15) is 38.8 Å². The van der Waals surface area contributed by atoms with Gasteiger partial charge in [-0.05, 0) is 50.6 Å². The number of aromatic nitrogens is 2. The van der Waals surface area contributed by atoms with Crippen molar-refractivity contribution < 1.29 is 13.9 Å². The molecule has 0 spiro atoms. The third-order valence-electron chi connectivity index (χ3n) is 5.16. The molecule has 2 aromatic carbocycles. The molecule has 0 bridgehead atoms. The Bertz CT molecular complexity index is 1240. The van der Waals surface area contributed by atoms with Gasteiger partial charge in [0.05, 0.1) is 28.6 Å². The Labute approximate surface area is 191 Å². The number of halogens is 1. The zero-order chi connectivity index (χ0) is 22.7. The van der Waals surface area contributed by atoms with Gasteiger partial charge in [0.1, 0.15) is 18.1 Å². The Morgan fingerprint density at radius 3 is 2.56 bits per heavy atom. The largest absolute Gasteiger partial charge is 0.484 e. The van der Waals surface area contributed by atoms with E-state index in [-0.39, 0.29) is 18.3 Å². The molecule has 0 unspecified atom stereocenters. The van der Waals surface area contributed by atoms with Crippen molar-refractivity contribution in [3.05, 3.63) is 99.7 Å². The summed E-state index contributed by atoms with van der Waals surface area (Å²) in [6, 6.07) is 18.9. The number of para-hydroxylation sites is 1. The molecule has 1 amide bonds. The van der Waals surface area contributed by atoms with Crippen molar-refractivity contribution in [3.63, 3.8) is 0 Å². The van der Waals surface area contributed by atoms with Gasteiger partial charge < -0.3 is 14.5 Å². The van der Waals surface area contributed by atoms with Gasteiger partial charge in [-0.15, -0.1) is 0 Å².